The van der Waals surface area contributed by atoms with E-state index in [-0.39, 0.29) is 30.7 Å². The molecule has 3 rings (SSSR count). The van der Waals surface area contributed by atoms with E-state index in [1.165, 1.54) is 30.1 Å². The van der Waals surface area contributed by atoms with Crippen LogP contribution in [0.2, 0.25) is 0 Å². The lowest BCUT2D eigenvalue weighted by Crippen LogP contribution is -2.40. The van der Waals surface area contributed by atoms with E-state index < -0.39 is 11.7 Å². The average Bonchev–Trinajstić information content (AvgIpc) is 2.61. The summed E-state index contributed by atoms with van der Waals surface area (Å²) in [7, 11) is 1.51. The zero-order chi connectivity index (χ0) is 19.6. The molecule has 6 nitrogen and oxygen atoms in total. The van der Waals surface area contributed by atoms with Crippen LogP contribution in [0.25, 0.3) is 0 Å². The van der Waals surface area contributed by atoms with Crippen molar-refractivity contribution in [3.8, 4) is 0 Å². The molecule has 0 fully saturated rings. The molecule has 2 aromatic rings. The maximum absolute atomic E-state index is 13.4. The lowest BCUT2D eigenvalue weighted by atomic mass is 9.89. The minimum absolute atomic E-state index is 0.0403. The Kier molecular flexibility index (Phi) is 5.21. The summed E-state index contributed by atoms with van der Waals surface area (Å²) in [6.45, 7) is 1.80. The molecule has 0 bridgehead atoms. The van der Waals surface area contributed by atoms with Crippen LogP contribution in [0.4, 0.5) is 15.8 Å². The summed E-state index contributed by atoms with van der Waals surface area (Å²) in [4.78, 5) is 38.2. The molecule has 0 aliphatic carbocycles. The molecule has 0 saturated carbocycles. The summed E-state index contributed by atoms with van der Waals surface area (Å²) < 4.78 is 13.4. The van der Waals surface area contributed by atoms with Gasteiger partial charge in [0, 0.05) is 24.8 Å². The van der Waals surface area contributed by atoms with E-state index >= 15 is 0 Å². The van der Waals surface area contributed by atoms with Gasteiger partial charge in [0.05, 0.1) is 12.5 Å². The highest BCUT2D eigenvalue weighted by Gasteiger charge is 2.33. The monoisotopic (exact) mass is 369 g/mol. The third-order valence-corrected chi connectivity index (χ3v) is 4.44. The molecule has 0 saturated heterocycles. The van der Waals surface area contributed by atoms with Crippen LogP contribution in [0.1, 0.15) is 23.5 Å². The first-order valence-electron chi connectivity index (χ1n) is 8.54. The molecule has 2 aromatic carbocycles. The number of halogens is 1. The van der Waals surface area contributed by atoms with Gasteiger partial charge in [-0.15, -0.1) is 0 Å². The maximum atomic E-state index is 13.4. The maximum Gasteiger partial charge on any atom is 0.243 e. The van der Waals surface area contributed by atoms with Crippen molar-refractivity contribution in [3.63, 3.8) is 0 Å². The third-order valence-electron chi connectivity index (χ3n) is 4.44. The Labute approximate surface area is 156 Å². The molecular weight excluding hydrogens is 349 g/mol. The van der Waals surface area contributed by atoms with E-state index in [1.807, 2.05) is 19.1 Å². The summed E-state index contributed by atoms with van der Waals surface area (Å²) in [6.07, 6.45) is -0.0403. The summed E-state index contributed by atoms with van der Waals surface area (Å²) >= 11 is 0. The SMILES string of the molecule is Cc1ccc(NC(=O)CN(C)C(=O)[C@H]2CC(=O)Nc3cc(F)ccc32)cc1. The highest BCUT2D eigenvalue weighted by Crippen LogP contribution is 2.33. The lowest BCUT2D eigenvalue weighted by Gasteiger charge is -2.28. The first-order chi connectivity index (χ1) is 12.8. The van der Waals surface area contributed by atoms with Crippen LogP contribution in [0, 0.1) is 12.7 Å². The van der Waals surface area contributed by atoms with Gasteiger partial charge in [-0.25, -0.2) is 4.39 Å². The van der Waals surface area contributed by atoms with Crippen molar-refractivity contribution in [3.05, 3.63) is 59.4 Å². The van der Waals surface area contributed by atoms with Crippen LogP contribution >= 0.6 is 0 Å². The molecule has 0 radical (unpaired) electrons. The molecule has 0 spiro atoms. The second-order valence-electron chi connectivity index (χ2n) is 6.64. The van der Waals surface area contributed by atoms with Crippen molar-refractivity contribution in [1.29, 1.82) is 0 Å². The minimum atomic E-state index is -0.744. The molecule has 1 heterocycles. The molecule has 27 heavy (non-hydrogen) atoms. The number of nitrogens with one attached hydrogen (secondary N) is 2. The number of fused-ring (bicyclic) bond motifs is 1. The Morgan fingerprint density at radius 3 is 2.63 bits per heavy atom. The fourth-order valence-electron chi connectivity index (χ4n) is 3.05. The minimum Gasteiger partial charge on any atom is -0.336 e. The largest absolute Gasteiger partial charge is 0.336 e. The van der Waals surface area contributed by atoms with E-state index in [0.717, 1.165) is 5.56 Å². The van der Waals surface area contributed by atoms with E-state index in [0.29, 0.717) is 16.9 Å². The van der Waals surface area contributed by atoms with E-state index in [1.54, 1.807) is 12.1 Å². The highest BCUT2D eigenvalue weighted by molar-refractivity contribution is 6.02. The molecule has 3 amide bonds. The number of aryl methyl sites for hydroxylation is 1. The molecule has 1 aliphatic rings. The van der Waals surface area contributed by atoms with Gasteiger partial charge >= 0.3 is 0 Å². The topological polar surface area (TPSA) is 78.5 Å². The second-order valence-corrected chi connectivity index (χ2v) is 6.64. The number of amides is 3. The van der Waals surface area contributed by atoms with Gasteiger partial charge in [-0.1, -0.05) is 23.8 Å². The number of benzene rings is 2. The summed E-state index contributed by atoms with van der Waals surface area (Å²) in [5.74, 6) is -2.30. The van der Waals surface area contributed by atoms with Gasteiger partial charge in [0.15, 0.2) is 0 Å². The number of hydrogen-bond donors (Lipinski definition) is 2. The van der Waals surface area contributed by atoms with Crippen LogP contribution in [0.5, 0.6) is 0 Å². The van der Waals surface area contributed by atoms with Crippen LogP contribution < -0.4 is 10.6 Å². The second kappa shape index (κ2) is 7.57. The van der Waals surface area contributed by atoms with Gasteiger partial charge in [-0.3, -0.25) is 14.4 Å². The van der Waals surface area contributed by atoms with E-state index in [2.05, 4.69) is 10.6 Å². The molecule has 0 aromatic heterocycles. The summed E-state index contributed by atoms with van der Waals surface area (Å²) in [5.41, 5.74) is 2.56. The number of hydrogen-bond acceptors (Lipinski definition) is 3. The van der Waals surface area contributed by atoms with Gasteiger partial charge < -0.3 is 15.5 Å². The zero-order valence-corrected chi connectivity index (χ0v) is 15.1. The molecular formula is C20H20FN3O3. The van der Waals surface area contributed by atoms with Crippen molar-refractivity contribution in [1.82, 2.24) is 4.90 Å². The number of carbonyl (C=O) groups excluding carboxylic acids is 3. The zero-order valence-electron chi connectivity index (χ0n) is 15.1. The first-order valence-corrected chi connectivity index (χ1v) is 8.54. The Bertz CT molecular complexity index is 896. The van der Waals surface area contributed by atoms with E-state index in [9.17, 15) is 18.8 Å². The van der Waals surface area contributed by atoms with Crippen molar-refractivity contribution < 1.29 is 18.8 Å². The normalized spacial score (nSPS) is 15.5. The predicted molar refractivity (Wildman–Crippen MR) is 99.8 cm³/mol. The Morgan fingerprint density at radius 1 is 1.22 bits per heavy atom. The number of nitrogens with zero attached hydrogens (tertiary/aromatic N) is 1. The fraction of sp³-hybridized carbons (Fsp3) is 0.250. The molecule has 0 unspecified atom stereocenters. The standard InChI is InChI=1S/C20H20FN3O3/c1-12-3-6-14(7-4-12)22-19(26)11-24(2)20(27)16-10-18(25)23-17-9-13(21)5-8-15(16)17/h3-9,16H,10-11H2,1-2H3,(H,22,26)(H,23,25)/t16-/m0/s1. The third kappa shape index (κ3) is 4.31. The number of carbonyl (C=O) groups is 3. The van der Waals surface area contributed by atoms with Gasteiger partial charge in [-0.05, 0) is 36.8 Å². The van der Waals surface area contributed by atoms with Crippen LogP contribution in [-0.2, 0) is 14.4 Å². The van der Waals surface area contributed by atoms with E-state index in [4.69, 9.17) is 0 Å². The van der Waals surface area contributed by atoms with Crippen LogP contribution in [0.15, 0.2) is 42.5 Å². The molecule has 1 aliphatic heterocycles. The highest BCUT2D eigenvalue weighted by atomic mass is 19.1. The van der Waals surface area contributed by atoms with Gasteiger partial charge in [0.2, 0.25) is 17.7 Å². The van der Waals surface area contributed by atoms with Gasteiger partial charge in [0.1, 0.15) is 5.82 Å². The number of anilines is 2. The van der Waals surface area contributed by atoms with Crippen LogP contribution in [0.3, 0.4) is 0 Å². The van der Waals surface area contributed by atoms with Gasteiger partial charge in [-0.2, -0.15) is 0 Å². The lowest BCUT2D eigenvalue weighted by molar-refractivity contribution is -0.136. The van der Waals surface area contributed by atoms with Crippen molar-refractivity contribution >= 4 is 29.1 Å². The van der Waals surface area contributed by atoms with Crippen molar-refractivity contribution in [2.45, 2.75) is 19.3 Å². The summed E-state index contributed by atoms with van der Waals surface area (Å²) in [5, 5.41) is 5.31. The predicted octanol–water partition coefficient (Wildman–Crippen LogP) is 2.66. The number of rotatable bonds is 4. The molecule has 140 valence electrons. The Balaban J connectivity index is 1.69. The Morgan fingerprint density at radius 2 is 1.93 bits per heavy atom. The molecule has 2 N–H and O–H groups in total. The molecule has 1 atom stereocenters. The quantitative estimate of drug-likeness (QED) is 0.870. The first kappa shape index (κ1) is 18.6. The summed E-state index contributed by atoms with van der Waals surface area (Å²) in [6, 6.07) is 11.3. The Hall–Kier alpha value is -3.22. The molecule has 7 heteroatoms. The van der Waals surface area contributed by atoms with Gasteiger partial charge in [0.25, 0.3) is 0 Å². The fourth-order valence-corrected chi connectivity index (χ4v) is 3.05. The van der Waals surface area contributed by atoms with Crippen LogP contribution in [-0.4, -0.2) is 36.2 Å². The number of likely N-dealkylation sites (N-methyl/N-ethyl adjacent to an activating group) is 1. The van der Waals surface area contributed by atoms with Crippen molar-refractivity contribution in [2.75, 3.05) is 24.2 Å². The average molecular weight is 369 g/mol. The smallest absolute Gasteiger partial charge is 0.243 e. The van der Waals surface area contributed by atoms with Crippen molar-refractivity contribution in [2.24, 2.45) is 0 Å².